The minimum atomic E-state index is -0.486. The number of anilines is 1. The highest BCUT2D eigenvalue weighted by molar-refractivity contribution is 6.30. The molecule has 0 aliphatic rings. The van der Waals surface area contributed by atoms with Crippen molar-refractivity contribution < 1.29 is 13.9 Å². The van der Waals surface area contributed by atoms with E-state index in [1.54, 1.807) is 6.07 Å². The number of carbonyl (C=O) groups excluding carboxylic acids is 1. The Morgan fingerprint density at radius 1 is 1.60 bits per heavy atom. The SMILES string of the molecule is COC(=O)CCNc1ccc(Cl)c(F)c1. The lowest BCUT2D eigenvalue weighted by Gasteiger charge is -2.05. The van der Waals surface area contributed by atoms with Crippen LogP contribution in [0.1, 0.15) is 6.42 Å². The van der Waals surface area contributed by atoms with E-state index in [1.165, 1.54) is 19.2 Å². The van der Waals surface area contributed by atoms with Crippen LogP contribution in [0.3, 0.4) is 0 Å². The van der Waals surface area contributed by atoms with Crippen molar-refractivity contribution >= 4 is 23.3 Å². The summed E-state index contributed by atoms with van der Waals surface area (Å²) in [5.74, 6) is -0.795. The Kier molecular flexibility index (Phi) is 4.37. The standard InChI is InChI=1S/C10H11ClFNO2/c1-15-10(14)4-5-13-7-2-3-8(11)9(12)6-7/h2-3,6,13H,4-5H2,1H3. The normalized spacial score (nSPS) is 9.80. The van der Waals surface area contributed by atoms with E-state index in [-0.39, 0.29) is 17.4 Å². The fraction of sp³-hybridized carbons (Fsp3) is 0.300. The lowest BCUT2D eigenvalue weighted by Crippen LogP contribution is -2.09. The average molecular weight is 232 g/mol. The number of hydrogen-bond donors (Lipinski definition) is 1. The van der Waals surface area contributed by atoms with E-state index in [4.69, 9.17) is 11.6 Å². The van der Waals surface area contributed by atoms with Gasteiger partial charge in [-0.1, -0.05) is 11.6 Å². The third kappa shape index (κ3) is 3.75. The summed E-state index contributed by atoms with van der Waals surface area (Å²) in [7, 11) is 1.32. The minimum absolute atomic E-state index is 0.0773. The lowest BCUT2D eigenvalue weighted by molar-refractivity contribution is -0.140. The van der Waals surface area contributed by atoms with E-state index in [0.29, 0.717) is 12.2 Å². The molecule has 0 aliphatic heterocycles. The molecular weight excluding hydrogens is 221 g/mol. The van der Waals surface area contributed by atoms with Crippen LogP contribution in [0.4, 0.5) is 10.1 Å². The molecule has 1 rings (SSSR count). The summed E-state index contributed by atoms with van der Waals surface area (Å²) < 4.78 is 17.4. The number of hydrogen-bond acceptors (Lipinski definition) is 3. The van der Waals surface area contributed by atoms with E-state index in [9.17, 15) is 9.18 Å². The van der Waals surface area contributed by atoms with Gasteiger partial charge >= 0.3 is 5.97 Å². The summed E-state index contributed by atoms with van der Waals surface area (Å²) in [5.41, 5.74) is 0.584. The van der Waals surface area contributed by atoms with Gasteiger partial charge in [0.1, 0.15) is 5.82 Å². The fourth-order valence-corrected chi connectivity index (χ4v) is 1.13. The van der Waals surface area contributed by atoms with Crippen LogP contribution in [0.5, 0.6) is 0 Å². The third-order valence-electron chi connectivity index (χ3n) is 1.81. The van der Waals surface area contributed by atoms with Crippen LogP contribution < -0.4 is 5.32 Å². The van der Waals surface area contributed by atoms with Crippen LogP contribution in [0.25, 0.3) is 0 Å². The summed E-state index contributed by atoms with van der Waals surface area (Å²) in [4.78, 5) is 10.8. The number of halogens is 2. The smallest absolute Gasteiger partial charge is 0.307 e. The summed E-state index contributed by atoms with van der Waals surface area (Å²) in [6.07, 6.45) is 0.237. The maximum Gasteiger partial charge on any atom is 0.307 e. The van der Waals surface area contributed by atoms with Gasteiger partial charge in [0.25, 0.3) is 0 Å². The zero-order valence-corrected chi connectivity index (χ0v) is 8.97. The largest absolute Gasteiger partial charge is 0.469 e. The number of nitrogens with one attached hydrogen (secondary N) is 1. The molecule has 0 saturated heterocycles. The van der Waals surface area contributed by atoms with Crippen LogP contribution in [-0.4, -0.2) is 19.6 Å². The van der Waals surface area contributed by atoms with Gasteiger partial charge in [0, 0.05) is 12.2 Å². The van der Waals surface area contributed by atoms with Crippen LogP contribution in [-0.2, 0) is 9.53 Å². The molecule has 15 heavy (non-hydrogen) atoms. The van der Waals surface area contributed by atoms with Gasteiger partial charge in [-0.15, -0.1) is 0 Å². The van der Waals surface area contributed by atoms with Crippen molar-refractivity contribution in [2.24, 2.45) is 0 Å². The first-order valence-corrected chi connectivity index (χ1v) is 4.77. The van der Waals surface area contributed by atoms with Gasteiger partial charge in [-0.25, -0.2) is 4.39 Å². The van der Waals surface area contributed by atoms with Crippen molar-refractivity contribution in [1.29, 1.82) is 0 Å². The Balaban J connectivity index is 2.44. The maximum atomic E-state index is 13.0. The van der Waals surface area contributed by atoms with Crippen molar-refractivity contribution in [2.45, 2.75) is 6.42 Å². The van der Waals surface area contributed by atoms with Gasteiger partial charge in [0.2, 0.25) is 0 Å². The zero-order chi connectivity index (χ0) is 11.3. The summed E-state index contributed by atoms with van der Waals surface area (Å²) in [6.45, 7) is 0.397. The molecule has 0 atom stereocenters. The van der Waals surface area contributed by atoms with Crippen molar-refractivity contribution in [1.82, 2.24) is 0 Å². The number of carbonyl (C=O) groups is 1. The molecule has 1 aromatic carbocycles. The molecule has 0 bridgehead atoms. The van der Waals surface area contributed by atoms with Gasteiger partial charge in [-0.05, 0) is 18.2 Å². The Bertz CT molecular complexity index is 357. The van der Waals surface area contributed by atoms with Gasteiger partial charge in [0.15, 0.2) is 0 Å². The Morgan fingerprint density at radius 3 is 2.93 bits per heavy atom. The molecule has 0 amide bonds. The number of esters is 1. The topological polar surface area (TPSA) is 38.3 Å². The first kappa shape index (κ1) is 11.8. The van der Waals surface area contributed by atoms with E-state index in [2.05, 4.69) is 10.1 Å². The molecule has 0 unspecified atom stereocenters. The minimum Gasteiger partial charge on any atom is -0.469 e. The second-order valence-corrected chi connectivity index (χ2v) is 3.29. The average Bonchev–Trinajstić information content (AvgIpc) is 2.23. The van der Waals surface area contributed by atoms with E-state index < -0.39 is 5.82 Å². The highest BCUT2D eigenvalue weighted by Gasteiger charge is 2.02. The molecule has 0 heterocycles. The Labute approximate surface area is 92.2 Å². The van der Waals surface area contributed by atoms with Crippen LogP contribution >= 0.6 is 11.6 Å². The van der Waals surface area contributed by atoms with Crippen LogP contribution in [0, 0.1) is 5.82 Å². The predicted molar refractivity (Wildman–Crippen MR) is 56.5 cm³/mol. The number of rotatable bonds is 4. The van der Waals surface area contributed by atoms with E-state index in [0.717, 1.165) is 0 Å². The quantitative estimate of drug-likeness (QED) is 0.809. The van der Waals surface area contributed by atoms with E-state index in [1.807, 2.05) is 0 Å². The molecule has 0 aromatic heterocycles. The molecular formula is C10H11ClFNO2. The lowest BCUT2D eigenvalue weighted by atomic mass is 10.3. The summed E-state index contributed by atoms with van der Waals surface area (Å²) >= 11 is 5.51. The van der Waals surface area contributed by atoms with Gasteiger partial charge < -0.3 is 10.1 Å². The first-order valence-electron chi connectivity index (χ1n) is 4.39. The van der Waals surface area contributed by atoms with Crippen LogP contribution in [0.2, 0.25) is 5.02 Å². The van der Waals surface area contributed by atoms with Crippen molar-refractivity contribution in [2.75, 3.05) is 19.0 Å². The molecule has 0 spiro atoms. The van der Waals surface area contributed by atoms with Crippen LogP contribution in [0.15, 0.2) is 18.2 Å². The first-order chi connectivity index (χ1) is 7.13. The van der Waals surface area contributed by atoms with Gasteiger partial charge in [0.05, 0.1) is 18.6 Å². The van der Waals surface area contributed by atoms with E-state index >= 15 is 0 Å². The molecule has 0 aliphatic carbocycles. The molecule has 3 nitrogen and oxygen atoms in total. The molecule has 0 fully saturated rings. The number of methoxy groups -OCH3 is 1. The molecule has 1 aromatic rings. The predicted octanol–water partition coefficient (Wildman–Crippen LogP) is 2.45. The third-order valence-corrected chi connectivity index (χ3v) is 2.11. The van der Waals surface area contributed by atoms with Gasteiger partial charge in [-0.2, -0.15) is 0 Å². The molecule has 0 saturated carbocycles. The maximum absolute atomic E-state index is 13.0. The highest BCUT2D eigenvalue weighted by atomic mass is 35.5. The second-order valence-electron chi connectivity index (χ2n) is 2.88. The van der Waals surface area contributed by atoms with Crippen molar-refractivity contribution in [3.8, 4) is 0 Å². The molecule has 82 valence electrons. The van der Waals surface area contributed by atoms with Gasteiger partial charge in [-0.3, -0.25) is 4.79 Å². The molecule has 1 N–H and O–H groups in total. The summed E-state index contributed by atoms with van der Waals surface area (Å²) in [6, 6.07) is 4.37. The summed E-state index contributed by atoms with van der Waals surface area (Å²) in [5, 5.41) is 2.96. The zero-order valence-electron chi connectivity index (χ0n) is 8.22. The highest BCUT2D eigenvalue weighted by Crippen LogP contribution is 2.18. The number of benzene rings is 1. The Morgan fingerprint density at radius 2 is 2.33 bits per heavy atom. The van der Waals surface area contributed by atoms with Crippen molar-refractivity contribution in [3.05, 3.63) is 29.0 Å². The number of ether oxygens (including phenoxy) is 1. The van der Waals surface area contributed by atoms with Crippen molar-refractivity contribution in [3.63, 3.8) is 0 Å². The molecule has 5 heteroatoms. The Hall–Kier alpha value is -1.29. The molecule has 0 radical (unpaired) electrons. The monoisotopic (exact) mass is 231 g/mol. The second kappa shape index (κ2) is 5.56. The fourth-order valence-electron chi connectivity index (χ4n) is 1.02.